The largest absolute Gasteiger partial charge is 0.468 e. The van der Waals surface area contributed by atoms with Gasteiger partial charge >= 0.3 is 0 Å². The zero-order valence-electron chi connectivity index (χ0n) is 7.86. The maximum absolute atomic E-state index is 8.97. The molecule has 0 atom stereocenters. The molecule has 15 heavy (non-hydrogen) atoms. The Bertz CT molecular complexity index is 466. The van der Waals surface area contributed by atoms with Crippen molar-refractivity contribution in [1.29, 1.82) is 0 Å². The van der Waals surface area contributed by atoms with Crippen LogP contribution in [-0.4, -0.2) is 10.1 Å². The SMILES string of the molecule is Cc1occc1Sc1nc(Cl)c(CO)s1. The van der Waals surface area contributed by atoms with Gasteiger partial charge in [-0.3, -0.25) is 0 Å². The molecule has 6 heteroatoms. The molecule has 80 valence electrons. The van der Waals surface area contributed by atoms with Crippen molar-refractivity contribution in [3.63, 3.8) is 0 Å². The molecule has 0 aromatic carbocycles. The van der Waals surface area contributed by atoms with Gasteiger partial charge in [-0.25, -0.2) is 4.98 Å². The first-order valence-electron chi connectivity index (χ1n) is 4.18. The van der Waals surface area contributed by atoms with Crippen LogP contribution < -0.4 is 0 Å². The third-order valence-electron chi connectivity index (χ3n) is 1.78. The standard InChI is InChI=1S/C9H8ClNO2S2/c1-5-6(2-3-13-5)14-9-11-8(10)7(4-12)15-9/h2-3,12H,4H2,1H3. The van der Waals surface area contributed by atoms with Gasteiger partial charge in [0.25, 0.3) is 0 Å². The second kappa shape index (κ2) is 4.57. The molecule has 0 radical (unpaired) electrons. The van der Waals surface area contributed by atoms with Crippen LogP contribution >= 0.6 is 34.7 Å². The molecule has 2 aromatic rings. The fraction of sp³-hybridized carbons (Fsp3) is 0.222. The first-order valence-corrected chi connectivity index (χ1v) is 6.20. The molecule has 2 heterocycles. The summed E-state index contributed by atoms with van der Waals surface area (Å²) in [4.78, 5) is 5.86. The average Bonchev–Trinajstić information content (AvgIpc) is 2.75. The molecule has 0 saturated heterocycles. The number of aliphatic hydroxyl groups excluding tert-OH is 1. The van der Waals surface area contributed by atoms with Crippen molar-refractivity contribution in [3.05, 3.63) is 28.1 Å². The van der Waals surface area contributed by atoms with Crippen molar-refractivity contribution in [2.45, 2.75) is 22.8 Å². The molecule has 0 aliphatic carbocycles. The second-order valence-electron chi connectivity index (χ2n) is 2.79. The Balaban J connectivity index is 2.21. The lowest BCUT2D eigenvalue weighted by molar-refractivity contribution is 0.285. The Labute approximate surface area is 100 Å². The summed E-state index contributed by atoms with van der Waals surface area (Å²) in [5.41, 5.74) is 0. The van der Waals surface area contributed by atoms with Crippen LogP contribution in [0, 0.1) is 6.92 Å². The summed E-state index contributed by atoms with van der Waals surface area (Å²) in [6, 6.07) is 1.88. The second-order valence-corrected chi connectivity index (χ2v) is 5.53. The van der Waals surface area contributed by atoms with Crippen molar-refractivity contribution >= 4 is 34.7 Å². The van der Waals surface area contributed by atoms with Gasteiger partial charge in [0, 0.05) is 0 Å². The Kier molecular flexibility index (Phi) is 3.35. The summed E-state index contributed by atoms with van der Waals surface area (Å²) in [7, 11) is 0. The zero-order valence-corrected chi connectivity index (χ0v) is 10.2. The lowest BCUT2D eigenvalue weighted by Crippen LogP contribution is -1.75. The van der Waals surface area contributed by atoms with E-state index >= 15 is 0 Å². The molecular weight excluding hydrogens is 254 g/mol. The van der Waals surface area contributed by atoms with Crippen LogP contribution in [0.1, 0.15) is 10.6 Å². The molecule has 2 rings (SSSR count). The molecule has 0 bridgehead atoms. The van der Waals surface area contributed by atoms with E-state index in [1.54, 1.807) is 6.26 Å². The Morgan fingerprint density at radius 1 is 1.67 bits per heavy atom. The zero-order chi connectivity index (χ0) is 10.8. The highest BCUT2D eigenvalue weighted by Crippen LogP contribution is 2.36. The molecule has 0 fully saturated rings. The summed E-state index contributed by atoms with van der Waals surface area (Å²) in [6.07, 6.45) is 1.64. The number of thiazole rings is 1. The van der Waals surface area contributed by atoms with Crippen LogP contribution in [0.5, 0.6) is 0 Å². The molecule has 0 spiro atoms. The fourth-order valence-corrected chi connectivity index (χ4v) is 3.31. The summed E-state index contributed by atoms with van der Waals surface area (Å²) < 4.78 is 5.99. The topological polar surface area (TPSA) is 46.3 Å². The quantitative estimate of drug-likeness (QED) is 0.921. The van der Waals surface area contributed by atoms with E-state index in [2.05, 4.69) is 4.98 Å². The molecule has 0 saturated carbocycles. The van der Waals surface area contributed by atoms with Gasteiger partial charge in [-0.2, -0.15) is 0 Å². The third kappa shape index (κ3) is 2.36. The first-order chi connectivity index (χ1) is 7.20. The van der Waals surface area contributed by atoms with Gasteiger partial charge < -0.3 is 9.52 Å². The molecule has 3 nitrogen and oxygen atoms in total. The van der Waals surface area contributed by atoms with Gasteiger partial charge in [0.1, 0.15) is 10.9 Å². The fourth-order valence-electron chi connectivity index (χ4n) is 1.03. The molecule has 2 aromatic heterocycles. The van der Waals surface area contributed by atoms with E-state index in [9.17, 15) is 0 Å². The molecular formula is C9H8ClNO2S2. The highest BCUT2D eigenvalue weighted by Gasteiger charge is 2.11. The number of rotatable bonds is 3. The van der Waals surface area contributed by atoms with E-state index in [-0.39, 0.29) is 6.61 Å². The maximum atomic E-state index is 8.97. The van der Waals surface area contributed by atoms with Crippen LogP contribution in [0.25, 0.3) is 0 Å². The molecule has 0 aliphatic heterocycles. The Morgan fingerprint density at radius 2 is 2.47 bits per heavy atom. The maximum Gasteiger partial charge on any atom is 0.156 e. The number of aromatic nitrogens is 1. The van der Waals surface area contributed by atoms with Crippen LogP contribution in [0.15, 0.2) is 26.0 Å². The molecule has 1 N–H and O–H groups in total. The van der Waals surface area contributed by atoms with E-state index in [1.165, 1.54) is 23.1 Å². The van der Waals surface area contributed by atoms with Crippen LogP contribution in [0.4, 0.5) is 0 Å². The number of aryl methyl sites for hydroxylation is 1. The minimum absolute atomic E-state index is 0.0680. The number of nitrogens with zero attached hydrogens (tertiary/aromatic N) is 1. The highest BCUT2D eigenvalue weighted by molar-refractivity contribution is 8.01. The number of aliphatic hydroxyl groups is 1. The van der Waals surface area contributed by atoms with Crippen molar-refractivity contribution in [1.82, 2.24) is 4.98 Å². The van der Waals surface area contributed by atoms with E-state index in [0.717, 1.165) is 15.0 Å². The van der Waals surface area contributed by atoms with E-state index < -0.39 is 0 Å². The van der Waals surface area contributed by atoms with E-state index in [0.29, 0.717) is 10.0 Å². The summed E-state index contributed by atoms with van der Waals surface area (Å²) in [5.74, 6) is 0.858. The predicted octanol–water partition coefficient (Wildman–Crippen LogP) is 3.34. The molecule has 0 aliphatic rings. The Hall–Kier alpha value is -0.490. The van der Waals surface area contributed by atoms with Crippen molar-refractivity contribution in [2.75, 3.05) is 0 Å². The summed E-state index contributed by atoms with van der Waals surface area (Å²) in [5, 5.41) is 9.35. The molecule has 0 unspecified atom stereocenters. The Morgan fingerprint density at radius 3 is 3.00 bits per heavy atom. The van der Waals surface area contributed by atoms with E-state index in [4.69, 9.17) is 21.1 Å². The van der Waals surface area contributed by atoms with E-state index in [1.807, 2.05) is 13.0 Å². The van der Waals surface area contributed by atoms with Crippen molar-refractivity contribution in [2.24, 2.45) is 0 Å². The van der Waals surface area contributed by atoms with Gasteiger partial charge in [-0.15, -0.1) is 11.3 Å². The van der Waals surface area contributed by atoms with Crippen LogP contribution in [0.3, 0.4) is 0 Å². The summed E-state index contributed by atoms with van der Waals surface area (Å²) in [6.45, 7) is 1.83. The average molecular weight is 262 g/mol. The smallest absolute Gasteiger partial charge is 0.156 e. The summed E-state index contributed by atoms with van der Waals surface area (Å²) >= 11 is 8.71. The lowest BCUT2D eigenvalue weighted by atomic mass is 10.5. The molecule has 0 amide bonds. The third-order valence-corrected chi connectivity index (χ3v) is 4.45. The highest BCUT2D eigenvalue weighted by atomic mass is 35.5. The van der Waals surface area contributed by atoms with Crippen molar-refractivity contribution < 1.29 is 9.52 Å². The van der Waals surface area contributed by atoms with Gasteiger partial charge in [0.15, 0.2) is 4.34 Å². The van der Waals surface area contributed by atoms with Gasteiger partial charge in [0.05, 0.1) is 22.6 Å². The number of hydrogen-bond acceptors (Lipinski definition) is 5. The van der Waals surface area contributed by atoms with Crippen molar-refractivity contribution in [3.8, 4) is 0 Å². The minimum Gasteiger partial charge on any atom is -0.468 e. The van der Waals surface area contributed by atoms with Gasteiger partial charge in [0.2, 0.25) is 0 Å². The number of hydrogen-bond donors (Lipinski definition) is 1. The van der Waals surface area contributed by atoms with Crippen LogP contribution in [0.2, 0.25) is 5.15 Å². The van der Waals surface area contributed by atoms with Gasteiger partial charge in [-0.1, -0.05) is 23.4 Å². The number of halogens is 1. The van der Waals surface area contributed by atoms with Crippen LogP contribution in [-0.2, 0) is 6.61 Å². The predicted molar refractivity (Wildman–Crippen MR) is 60.6 cm³/mol. The number of furan rings is 1. The minimum atomic E-state index is -0.0680. The first kappa shape index (κ1) is 11.0. The lowest BCUT2D eigenvalue weighted by Gasteiger charge is -1.92. The monoisotopic (exact) mass is 261 g/mol. The normalized spacial score (nSPS) is 10.9. The van der Waals surface area contributed by atoms with Gasteiger partial charge in [-0.05, 0) is 13.0 Å².